The van der Waals surface area contributed by atoms with E-state index in [1.54, 1.807) is 24.4 Å². The average Bonchev–Trinajstić information content (AvgIpc) is 3.73. The maximum atomic E-state index is 14.8. The Hall–Kier alpha value is -5.52. The molecule has 6 aromatic rings. The van der Waals surface area contributed by atoms with Gasteiger partial charge in [0.1, 0.15) is 11.3 Å². The number of primary amides is 1. The van der Waals surface area contributed by atoms with Gasteiger partial charge in [0.25, 0.3) is 0 Å². The molecular formula is C29H25FN10O. The van der Waals surface area contributed by atoms with Crippen LogP contribution in [0.1, 0.15) is 33.6 Å². The molecule has 1 amide bonds. The Morgan fingerprint density at radius 1 is 0.951 bits per heavy atom. The molecule has 41 heavy (non-hydrogen) atoms. The number of carbonyl (C=O) groups excluding carboxylic acids is 1. The van der Waals surface area contributed by atoms with Crippen molar-refractivity contribution in [1.29, 1.82) is 0 Å². The molecule has 1 aromatic carbocycles. The van der Waals surface area contributed by atoms with Crippen molar-refractivity contribution in [3.05, 3.63) is 102 Å². The van der Waals surface area contributed by atoms with Crippen LogP contribution < -0.4 is 11.5 Å². The van der Waals surface area contributed by atoms with Crippen LogP contribution in [0.3, 0.4) is 0 Å². The predicted molar refractivity (Wildman–Crippen MR) is 151 cm³/mol. The monoisotopic (exact) mass is 548 g/mol. The van der Waals surface area contributed by atoms with Crippen molar-refractivity contribution < 1.29 is 9.18 Å². The zero-order valence-corrected chi connectivity index (χ0v) is 22.1. The van der Waals surface area contributed by atoms with Gasteiger partial charge < -0.3 is 11.5 Å². The molecule has 11 nitrogen and oxygen atoms in total. The van der Waals surface area contributed by atoms with Gasteiger partial charge in [0.15, 0.2) is 17.3 Å². The standard InChI is InChI=1S/C22H17FN8.C7H8N2O/c23-17-12-18-22(29-21(17)31-26-9-10-27-31)30(15-7-6-13-3-1-4-14(13)11-15)20(28-18)16-5-2-8-25-19(16)24;1-5-2-3-6(4-9-5)7(8)10/h2,5-12H,1,3-4H2,(H2,24,25);2-4H,1H3,(H2,8,10). The van der Waals surface area contributed by atoms with Crippen LogP contribution in [0.5, 0.6) is 0 Å². The van der Waals surface area contributed by atoms with Crippen molar-refractivity contribution in [2.75, 3.05) is 5.73 Å². The second-order valence-corrected chi connectivity index (χ2v) is 9.52. The molecule has 1 aliphatic rings. The number of hydrogen-bond acceptors (Lipinski definition) is 8. The number of halogens is 1. The lowest BCUT2D eigenvalue weighted by atomic mass is 10.1. The molecule has 0 radical (unpaired) electrons. The van der Waals surface area contributed by atoms with Crippen LogP contribution in [-0.2, 0) is 12.8 Å². The van der Waals surface area contributed by atoms with Gasteiger partial charge in [-0.05, 0) is 73.7 Å². The summed E-state index contributed by atoms with van der Waals surface area (Å²) in [5.74, 6) is -0.100. The van der Waals surface area contributed by atoms with E-state index < -0.39 is 11.7 Å². The van der Waals surface area contributed by atoms with Crippen LogP contribution in [0.2, 0.25) is 0 Å². The minimum Gasteiger partial charge on any atom is -0.383 e. The Bertz CT molecular complexity index is 1880. The molecule has 0 aliphatic heterocycles. The molecule has 0 saturated heterocycles. The second-order valence-electron chi connectivity index (χ2n) is 9.52. The van der Waals surface area contributed by atoms with Crippen molar-refractivity contribution in [2.45, 2.75) is 26.2 Å². The number of benzene rings is 1. The summed E-state index contributed by atoms with van der Waals surface area (Å²) in [7, 11) is 0. The number of aryl methyl sites for hydroxylation is 3. The van der Waals surface area contributed by atoms with E-state index in [-0.39, 0.29) is 5.82 Å². The van der Waals surface area contributed by atoms with Crippen molar-refractivity contribution in [1.82, 2.24) is 39.5 Å². The van der Waals surface area contributed by atoms with E-state index in [0.29, 0.717) is 33.9 Å². The largest absolute Gasteiger partial charge is 0.383 e. The first-order valence-electron chi connectivity index (χ1n) is 12.9. The van der Waals surface area contributed by atoms with Gasteiger partial charge in [-0.2, -0.15) is 10.2 Å². The normalized spacial score (nSPS) is 12.1. The Labute approximate surface area is 233 Å². The van der Waals surface area contributed by atoms with Gasteiger partial charge in [-0.25, -0.2) is 19.3 Å². The number of nitrogens with zero attached hydrogens (tertiary/aromatic N) is 8. The van der Waals surface area contributed by atoms with E-state index >= 15 is 0 Å². The van der Waals surface area contributed by atoms with E-state index in [2.05, 4.69) is 42.3 Å². The highest BCUT2D eigenvalue weighted by Crippen LogP contribution is 2.33. The predicted octanol–water partition coefficient (Wildman–Crippen LogP) is 3.76. The van der Waals surface area contributed by atoms with Crippen LogP contribution in [0.15, 0.2) is 73.3 Å². The molecule has 1 aliphatic carbocycles. The third kappa shape index (κ3) is 4.98. The molecule has 204 valence electrons. The number of aromatic nitrogens is 8. The maximum absolute atomic E-state index is 14.8. The van der Waals surface area contributed by atoms with E-state index in [0.717, 1.165) is 35.4 Å². The van der Waals surface area contributed by atoms with Crippen molar-refractivity contribution in [3.63, 3.8) is 0 Å². The number of hydrogen-bond donors (Lipinski definition) is 2. The number of anilines is 1. The highest BCUT2D eigenvalue weighted by molar-refractivity contribution is 5.92. The SMILES string of the molecule is Cc1ccc(C(N)=O)cn1.Nc1ncccc1-c1nc2cc(F)c(-n3nccn3)nc2n1-c1ccc2c(c1)CCC2. The third-order valence-electron chi connectivity index (χ3n) is 6.79. The number of nitrogen functional groups attached to an aromatic ring is 1. The van der Waals surface area contributed by atoms with Crippen molar-refractivity contribution >= 4 is 22.9 Å². The lowest BCUT2D eigenvalue weighted by Crippen LogP contribution is -2.10. The van der Waals surface area contributed by atoms with Gasteiger partial charge in [-0.1, -0.05) is 6.07 Å². The molecular weight excluding hydrogens is 523 g/mol. The highest BCUT2D eigenvalue weighted by atomic mass is 19.1. The average molecular weight is 549 g/mol. The summed E-state index contributed by atoms with van der Waals surface area (Å²) < 4.78 is 16.7. The fourth-order valence-corrected chi connectivity index (χ4v) is 4.78. The molecule has 0 bridgehead atoms. The first-order chi connectivity index (χ1) is 19.9. The molecule has 5 aromatic heterocycles. The zero-order chi connectivity index (χ0) is 28.5. The topological polar surface area (TPSA) is 156 Å². The lowest BCUT2D eigenvalue weighted by Gasteiger charge is -2.12. The molecule has 0 fully saturated rings. The minimum atomic E-state index is -0.562. The highest BCUT2D eigenvalue weighted by Gasteiger charge is 2.22. The van der Waals surface area contributed by atoms with E-state index in [1.165, 1.54) is 35.8 Å². The number of fused-ring (bicyclic) bond motifs is 2. The quantitative estimate of drug-likeness (QED) is 0.337. The Kier molecular flexibility index (Phi) is 6.63. The zero-order valence-electron chi connectivity index (χ0n) is 22.1. The number of carbonyl (C=O) groups is 1. The molecule has 0 spiro atoms. The van der Waals surface area contributed by atoms with Crippen LogP contribution >= 0.6 is 0 Å². The van der Waals surface area contributed by atoms with Crippen LogP contribution in [0.4, 0.5) is 10.2 Å². The molecule has 7 rings (SSSR count). The molecule has 0 saturated carbocycles. The summed E-state index contributed by atoms with van der Waals surface area (Å²) in [6.07, 6.45) is 9.31. The van der Waals surface area contributed by atoms with Gasteiger partial charge in [0.2, 0.25) is 11.7 Å². The Morgan fingerprint density at radius 2 is 1.76 bits per heavy atom. The fraction of sp³-hybridized carbons (Fsp3) is 0.138. The summed E-state index contributed by atoms with van der Waals surface area (Å²) in [5, 5.41) is 8.05. The smallest absolute Gasteiger partial charge is 0.250 e. The molecule has 0 atom stereocenters. The number of pyridine rings is 3. The maximum Gasteiger partial charge on any atom is 0.250 e. The number of amides is 1. The summed E-state index contributed by atoms with van der Waals surface area (Å²) >= 11 is 0. The van der Waals surface area contributed by atoms with Crippen LogP contribution in [0.25, 0.3) is 34.1 Å². The number of nitrogens with two attached hydrogens (primary N) is 2. The third-order valence-corrected chi connectivity index (χ3v) is 6.79. The number of imidazole rings is 1. The Morgan fingerprint density at radius 3 is 2.49 bits per heavy atom. The molecule has 5 heterocycles. The van der Waals surface area contributed by atoms with E-state index in [1.807, 2.05) is 23.6 Å². The van der Waals surface area contributed by atoms with Crippen molar-refractivity contribution in [3.8, 4) is 22.9 Å². The van der Waals surface area contributed by atoms with E-state index in [9.17, 15) is 9.18 Å². The second kappa shape index (κ2) is 10.6. The number of rotatable bonds is 4. The van der Waals surface area contributed by atoms with E-state index in [4.69, 9.17) is 11.5 Å². The molecule has 4 N–H and O–H groups in total. The fourth-order valence-electron chi connectivity index (χ4n) is 4.78. The van der Waals surface area contributed by atoms with Crippen molar-refractivity contribution in [2.24, 2.45) is 5.73 Å². The summed E-state index contributed by atoms with van der Waals surface area (Å²) in [5.41, 5.74) is 17.6. The molecule has 0 unspecified atom stereocenters. The summed E-state index contributed by atoms with van der Waals surface area (Å²) in [4.78, 5) is 29.0. The van der Waals surface area contributed by atoms with Gasteiger partial charge in [0, 0.05) is 29.8 Å². The summed E-state index contributed by atoms with van der Waals surface area (Å²) in [6.45, 7) is 1.85. The van der Waals surface area contributed by atoms with Gasteiger partial charge in [-0.3, -0.25) is 14.3 Å². The van der Waals surface area contributed by atoms with Crippen LogP contribution in [-0.4, -0.2) is 45.4 Å². The van der Waals surface area contributed by atoms with Gasteiger partial charge in [-0.15, -0.1) is 4.80 Å². The van der Waals surface area contributed by atoms with Crippen LogP contribution in [0, 0.1) is 12.7 Å². The first-order valence-corrected chi connectivity index (χ1v) is 12.9. The first kappa shape index (κ1) is 25.7. The minimum absolute atomic E-state index is 0.00511. The Balaban J connectivity index is 0.000000258. The summed E-state index contributed by atoms with van der Waals surface area (Å²) in [6, 6.07) is 14.7. The molecule has 12 heteroatoms. The van der Waals surface area contributed by atoms with Gasteiger partial charge in [0.05, 0.1) is 23.5 Å². The lowest BCUT2D eigenvalue weighted by molar-refractivity contribution is 0.1000. The van der Waals surface area contributed by atoms with Gasteiger partial charge >= 0.3 is 0 Å².